The molecular weight excluding hydrogens is 553 g/mol. The summed E-state index contributed by atoms with van der Waals surface area (Å²) in [5, 5.41) is 9.59. The van der Waals surface area contributed by atoms with E-state index in [9.17, 15) is 9.36 Å². The average molecular weight is 596 g/mol. The number of carbonyl (C=O) groups excluding carboxylic acids is 1. The average Bonchev–Trinajstić information content (AvgIpc) is 3.00. The van der Waals surface area contributed by atoms with Crippen molar-refractivity contribution >= 4 is 30.8 Å². The van der Waals surface area contributed by atoms with E-state index in [1.54, 1.807) is 0 Å². The molecule has 220 valence electrons. The van der Waals surface area contributed by atoms with Gasteiger partial charge >= 0.3 is 7.60 Å². The molecule has 0 spiro atoms. The van der Waals surface area contributed by atoms with Gasteiger partial charge < -0.3 is 25.0 Å². The quantitative estimate of drug-likeness (QED) is 0.0889. The second-order valence-electron chi connectivity index (χ2n) is 9.79. The third-order valence-corrected chi connectivity index (χ3v) is 8.83. The number of thiocarbonyl (C=S) groups is 1. The minimum Gasteiger partial charge on any atom is -0.351 e. The summed E-state index contributed by atoms with van der Waals surface area (Å²) in [6, 6.07) is 28.2. The molecule has 2 atom stereocenters. The first kappa shape index (κ1) is 32.5. The van der Waals surface area contributed by atoms with Gasteiger partial charge in [-0.2, -0.15) is 0 Å². The van der Waals surface area contributed by atoms with Crippen molar-refractivity contribution in [2.24, 2.45) is 0 Å². The lowest BCUT2D eigenvalue weighted by Crippen LogP contribution is -2.51. The van der Waals surface area contributed by atoms with Gasteiger partial charge in [0.2, 0.25) is 5.91 Å². The predicted molar refractivity (Wildman–Crippen MR) is 170 cm³/mol. The van der Waals surface area contributed by atoms with Gasteiger partial charge in [-0.15, -0.1) is 0 Å². The molecule has 3 rings (SSSR count). The number of nitrogens with one attached hydrogen (secondary N) is 3. The zero-order valence-electron chi connectivity index (χ0n) is 24.0. The zero-order valence-corrected chi connectivity index (χ0v) is 25.7. The molecule has 0 radical (unpaired) electrons. The van der Waals surface area contributed by atoms with Gasteiger partial charge in [-0.05, 0) is 41.7 Å². The Bertz CT molecular complexity index is 1220. The first-order valence-electron chi connectivity index (χ1n) is 14.3. The van der Waals surface area contributed by atoms with Gasteiger partial charge in [0, 0.05) is 13.0 Å². The Morgan fingerprint density at radius 2 is 1.29 bits per heavy atom. The van der Waals surface area contributed by atoms with E-state index >= 15 is 0 Å². The monoisotopic (exact) mass is 595 g/mol. The summed E-state index contributed by atoms with van der Waals surface area (Å²) >= 11 is 5.72. The number of unbranched alkanes of at least 4 members (excludes halogenated alkanes) is 2. The fraction of sp³-hybridized carbons (Fsp3) is 0.375. The van der Waals surface area contributed by atoms with Crippen molar-refractivity contribution in [1.82, 2.24) is 16.0 Å². The van der Waals surface area contributed by atoms with Crippen molar-refractivity contribution in [2.75, 3.05) is 13.2 Å². The minimum atomic E-state index is -3.69. The van der Waals surface area contributed by atoms with Gasteiger partial charge in [-0.25, -0.2) is 0 Å². The second kappa shape index (κ2) is 17.7. The molecule has 3 N–H and O–H groups in total. The van der Waals surface area contributed by atoms with Crippen LogP contribution in [0.5, 0.6) is 0 Å². The number of carbonyl (C=O) groups is 1. The van der Waals surface area contributed by atoms with Gasteiger partial charge in [0.05, 0.1) is 13.2 Å². The lowest BCUT2D eigenvalue weighted by Gasteiger charge is -2.30. The Hall–Kier alpha value is -3.03. The first-order valence-corrected chi connectivity index (χ1v) is 16.3. The van der Waals surface area contributed by atoms with Crippen LogP contribution < -0.4 is 16.0 Å². The molecule has 0 aliphatic carbocycles. The highest BCUT2D eigenvalue weighted by Gasteiger charge is 2.38. The van der Waals surface area contributed by atoms with E-state index in [-0.39, 0.29) is 11.0 Å². The van der Waals surface area contributed by atoms with Crippen LogP contribution in [0.2, 0.25) is 0 Å². The van der Waals surface area contributed by atoms with Crippen molar-refractivity contribution < 1.29 is 18.4 Å². The summed E-state index contributed by atoms with van der Waals surface area (Å²) in [5.74, 6) is -1.04. The summed E-state index contributed by atoms with van der Waals surface area (Å²) in [6.45, 7) is 5.11. The number of amides is 1. The van der Waals surface area contributed by atoms with Crippen LogP contribution in [-0.2, 0) is 31.4 Å². The Morgan fingerprint density at radius 1 is 0.780 bits per heavy atom. The van der Waals surface area contributed by atoms with E-state index in [1.165, 1.54) is 0 Å². The third-order valence-electron chi connectivity index (χ3n) is 6.45. The van der Waals surface area contributed by atoms with Crippen LogP contribution in [0.1, 0.15) is 62.0 Å². The molecular formula is C32H42N3O4PS. The molecule has 41 heavy (non-hydrogen) atoms. The van der Waals surface area contributed by atoms with E-state index in [1.807, 2.05) is 105 Å². The summed E-state index contributed by atoms with van der Waals surface area (Å²) in [6.07, 6.45) is 3.73. The van der Waals surface area contributed by atoms with E-state index < -0.39 is 19.4 Å². The van der Waals surface area contributed by atoms with Crippen LogP contribution in [0.3, 0.4) is 0 Å². The lowest BCUT2D eigenvalue weighted by molar-refractivity contribution is -0.122. The standard InChI is InChI=1S/C32H42N3O4PS/c1-3-5-22-38-40(37,39-23-6-4-2)31(28-20-14-9-15-21-28)35-32(41)34-29(24-26-16-10-7-11-17-26)30(36)33-25-27-18-12-8-13-19-27/h7-21,29,31H,3-6,22-25H2,1-2H3,(H,33,36)(H2,34,35,41)/t29-,31?/m1/s1. The van der Waals surface area contributed by atoms with E-state index in [4.69, 9.17) is 21.3 Å². The van der Waals surface area contributed by atoms with Crippen LogP contribution in [0.4, 0.5) is 0 Å². The minimum absolute atomic E-state index is 0.188. The molecule has 1 unspecified atom stereocenters. The van der Waals surface area contributed by atoms with Crippen molar-refractivity contribution in [3.8, 4) is 0 Å². The Labute approximate surface area is 250 Å². The highest BCUT2D eigenvalue weighted by Crippen LogP contribution is 2.59. The van der Waals surface area contributed by atoms with Gasteiger partial charge in [0.1, 0.15) is 6.04 Å². The van der Waals surface area contributed by atoms with Gasteiger partial charge in [-0.3, -0.25) is 9.36 Å². The van der Waals surface area contributed by atoms with Crippen LogP contribution in [0, 0.1) is 0 Å². The van der Waals surface area contributed by atoms with Crippen molar-refractivity contribution in [2.45, 2.75) is 64.3 Å². The largest absolute Gasteiger partial charge is 0.357 e. The Balaban J connectivity index is 1.82. The lowest BCUT2D eigenvalue weighted by atomic mass is 10.1. The number of benzene rings is 3. The Morgan fingerprint density at radius 3 is 1.83 bits per heavy atom. The maximum absolute atomic E-state index is 14.3. The molecule has 1 amide bonds. The highest BCUT2D eigenvalue weighted by atomic mass is 32.1. The molecule has 0 aromatic heterocycles. The molecule has 0 heterocycles. The molecule has 0 aliphatic rings. The maximum Gasteiger partial charge on any atom is 0.357 e. The smallest absolute Gasteiger partial charge is 0.351 e. The fourth-order valence-electron chi connectivity index (χ4n) is 4.13. The zero-order chi connectivity index (χ0) is 29.3. The van der Waals surface area contributed by atoms with E-state index in [0.29, 0.717) is 26.2 Å². The summed E-state index contributed by atoms with van der Waals surface area (Å²) in [7, 11) is -3.69. The van der Waals surface area contributed by atoms with Crippen molar-refractivity contribution in [3.63, 3.8) is 0 Å². The van der Waals surface area contributed by atoms with Crippen LogP contribution in [0.25, 0.3) is 0 Å². The van der Waals surface area contributed by atoms with Gasteiger partial charge in [-0.1, -0.05) is 118 Å². The van der Waals surface area contributed by atoms with Gasteiger partial charge in [0.15, 0.2) is 10.9 Å². The number of hydrogen-bond donors (Lipinski definition) is 3. The van der Waals surface area contributed by atoms with E-state index in [2.05, 4.69) is 16.0 Å². The highest BCUT2D eigenvalue weighted by molar-refractivity contribution is 7.80. The molecule has 0 saturated heterocycles. The van der Waals surface area contributed by atoms with Crippen molar-refractivity contribution in [1.29, 1.82) is 0 Å². The summed E-state index contributed by atoms with van der Waals surface area (Å²) < 4.78 is 26.2. The van der Waals surface area contributed by atoms with Crippen molar-refractivity contribution in [3.05, 3.63) is 108 Å². The molecule has 0 fully saturated rings. The topological polar surface area (TPSA) is 88.7 Å². The Kier molecular flexibility index (Phi) is 14.0. The molecule has 7 nitrogen and oxygen atoms in total. The third kappa shape index (κ3) is 11.0. The maximum atomic E-state index is 14.3. The van der Waals surface area contributed by atoms with Crippen LogP contribution in [-0.4, -0.2) is 30.3 Å². The molecule has 3 aromatic carbocycles. The number of rotatable bonds is 17. The molecule has 9 heteroatoms. The van der Waals surface area contributed by atoms with E-state index in [0.717, 1.165) is 42.4 Å². The molecule has 3 aromatic rings. The van der Waals surface area contributed by atoms with Crippen LogP contribution >= 0.6 is 19.8 Å². The predicted octanol–water partition coefficient (Wildman–Crippen LogP) is 6.90. The van der Waals surface area contributed by atoms with Crippen LogP contribution in [0.15, 0.2) is 91.0 Å². The normalized spacial score (nSPS) is 12.7. The SMILES string of the molecule is CCCCOP(=O)(OCCCC)C(NC(=S)N[C@H](Cc1ccccc1)C(=O)NCc1ccccc1)c1ccccc1. The summed E-state index contributed by atoms with van der Waals surface area (Å²) in [5.41, 5.74) is 2.71. The fourth-order valence-corrected chi connectivity index (χ4v) is 6.44. The first-order chi connectivity index (χ1) is 19.9. The molecule has 0 saturated carbocycles. The second-order valence-corrected chi connectivity index (χ2v) is 12.3. The molecule has 0 aliphatic heterocycles. The summed E-state index contributed by atoms with van der Waals surface area (Å²) in [4.78, 5) is 13.4. The molecule has 0 bridgehead atoms. The van der Waals surface area contributed by atoms with Gasteiger partial charge in [0.25, 0.3) is 0 Å². The number of hydrogen-bond acceptors (Lipinski definition) is 5.